The highest BCUT2D eigenvalue weighted by atomic mass is 16.5. The van der Waals surface area contributed by atoms with Crippen LogP contribution < -0.4 is 4.90 Å². The molecule has 2 aromatic heterocycles. The van der Waals surface area contributed by atoms with Crippen LogP contribution in [-0.4, -0.2) is 70.4 Å². The Balaban J connectivity index is 1.42. The number of morpholine rings is 1. The van der Waals surface area contributed by atoms with Gasteiger partial charge < -0.3 is 14.6 Å². The fourth-order valence-electron chi connectivity index (χ4n) is 4.49. The van der Waals surface area contributed by atoms with Gasteiger partial charge in [0.1, 0.15) is 5.69 Å². The van der Waals surface area contributed by atoms with Crippen molar-refractivity contribution in [2.45, 2.75) is 32.6 Å². The molecule has 0 saturated carbocycles. The molecule has 8 nitrogen and oxygen atoms in total. The Labute approximate surface area is 175 Å². The highest BCUT2D eigenvalue weighted by molar-refractivity contribution is 6.09. The lowest BCUT2D eigenvalue weighted by Gasteiger charge is -2.27. The number of hydrogen-bond donors (Lipinski definition) is 2. The highest BCUT2D eigenvalue weighted by Gasteiger charge is 2.44. The summed E-state index contributed by atoms with van der Waals surface area (Å²) in [4.78, 5) is 25.7. The monoisotopic (exact) mass is 408 g/mol. The molecule has 0 unspecified atom stereocenters. The lowest BCUT2D eigenvalue weighted by atomic mass is 9.86. The summed E-state index contributed by atoms with van der Waals surface area (Å²) in [5.41, 5.74) is 5.06. The number of ether oxygens (including phenoxy) is 1. The van der Waals surface area contributed by atoms with E-state index in [1.807, 2.05) is 37.8 Å². The van der Waals surface area contributed by atoms with Crippen LogP contribution in [-0.2, 0) is 14.9 Å². The normalized spacial score (nSPS) is 19.0. The molecule has 0 bridgehead atoms. The molecule has 4 heterocycles. The molecule has 2 aliphatic rings. The van der Waals surface area contributed by atoms with Crippen LogP contribution in [0.5, 0.6) is 0 Å². The highest BCUT2D eigenvalue weighted by Crippen LogP contribution is 2.43. The van der Waals surface area contributed by atoms with Crippen molar-refractivity contribution in [1.82, 2.24) is 25.1 Å². The minimum atomic E-state index is -0.545. The summed E-state index contributed by atoms with van der Waals surface area (Å²) in [5, 5.41) is 7.26. The second-order valence-corrected chi connectivity index (χ2v) is 8.80. The number of benzene rings is 1. The molecule has 30 heavy (non-hydrogen) atoms. The van der Waals surface area contributed by atoms with Crippen molar-refractivity contribution in [3.8, 4) is 11.5 Å². The number of aryl methyl sites for hydroxylation is 1. The van der Waals surface area contributed by atoms with Crippen LogP contribution >= 0.6 is 0 Å². The van der Waals surface area contributed by atoms with Gasteiger partial charge in [-0.1, -0.05) is 0 Å². The molecule has 158 valence electrons. The Morgan fingerprint density at radius 3 is 2.70 bits per heavy atom. The average Bonchev–Trinajstić information content (AvgIpc) is 3.39. The van der Waals surface area contributed by atoms with Gasteiger partial charge in [-0.25, -0.2) is 4.98 Å². The largest absolute Gasteiger partial charge is 0.379 e. The Morgan fingerprint density at radius 2 is 1.97 bits per heavy atom. The first-order chi connectivity index (χ1) is 14.4. The molecule has 0 radical (unpaired) electrons. The molecule has 3 aromatic rings. The number of amides is 1. The second kappa shape index (κ2) is 7.21. The van der Waals surface area contributed by atoms with Gasteiger partial charge in [-0.15, -0.1) is 0 Å². The molecule has 8 heteroatoms. The predicted octanol–water partition coefficient (Wildman–Crippen LogP) is 2.61. The summed E-state index contributed by atoms with van der Waals surface area (Å²) in [5.74, 6) is 0.899. The first kappa shape index (κ1) is 19.3. The summed E-state index contributed by atoms with van der Waals surface area (Å²) >= 11 is 0. The molecule has 1 fully saturated rings. The first-order valence-electron chi connectivity index (χ1n) is 10.6. The molecular formula is C22H28N6O2. The van der Waals surface area contributed by atoms with E-state index in [1.165, 1.54) is 0 Å². The number of fused-ring (bicyclic) bond motifs is 2. The fraction of sp³-hybridized carbons (Fsp3) is 0.500. The van der Waals surface area contributed by atoms with Gasteiger partial charge in [-0.2, -0.15) is 5.10 Å². The summed E-state index contributed by atoms with van der Waals surface area (Å²) in [6.07, 6.45) is 0.942. The number of imidazole rings is 1. The average molecular weight is 409 g/mol. The van der Waals surface area contributed by atoms with Crippen molar-refractivity contribution in [3.63, 3.8) is 0 Å². The van der Waals surface area contributed by atoms with E-state index in [1.54, 1.807) is 0 Å². The number of carbonyl (C=O) groups excluding carboxylic acids is 1. The van der Waals surface area contributed by atoms with Crippen LogP contribution in [0.4, 0.5) is 5.69 Å². The standard InChI is InChI=1S/C22H28N6O2/c1-14-11-18(26-25-14)20-23-16-12-15-19(13-17(16)24-20)28(21(29)22(15,2)3)6-4-5-27-7-9-30-10-8-27/h11-13H,4-10H2,1-3H3,(H,23,24)(H,25,26). The lowest BCUT2D eigenvalue weighted by molar-refractivity contribution is -0.122. The molecule has 5 rings (SSSR count). The van der Waals surface area contributed by atoms with Crippen LogP contribution in [0, 0.1) is 6.92 Å². The number of H-pyrrole nitrogens is 2. The summed E-state index contributed by atoms with van der Waals surface area (Å²) < 4.78 is 5.42. The summed E-state index contributed by atoms with van der Waals surface area (Å²) in [6, 6.07) is 6.10. The maximum atomic E-state index is 13.2. The minimum Gasteiger partial charge on any atom is -0.379 e. The zero-order valence-corrected chi connectivity index (χ0v) is 17.8. The molecule has 0 spiro atoms. The van der Waals surface area contributed by atoms with Crippen LogP contribution in [0.1, 0.15) is 31.5 Å². The number of aromatic nitrogens is 4. The van der Waals surface area contributed by atoms with Crippen LogP contribution in [0.2, 0.25) is 0 Å². The third-order valence-corrected chi connectivity index (χ3v) is 6.25. The minimum absolute atomic E-state index is 0.162. The number of hydrogen-bond acceptors (Lipinski definition) is 5. The zero-order valence-electron chi connectivity index (χ0n) is 17.8. The molecule has 0 aliphatic carbocycles. The van der Waals surface area contributed by atoms with Gasteiger partial charge in [0.15, 0.2) is 5.82 Å². The van der Waals surface area contributed by atoms with E-state index in [0.29, 0.717) is 6.54 Å². The van der Waals surface area contributed by atoms with Crippen molar-refractivity contribution < 1.29 is 9.53 Å². The zero-order chi connectivity index (χ0) is 20.9. The van der Waals surface area contributed by atoms with Gasteiger partial charge in [0.05, 0.1) is 35.3 Å². The molecule has 1 amide bonds. The Kier molecular flexibility index (Phi) is 4.63. The Bertz CT molecular complexity index is 1090. The Morgan fingerprint density at radius 1 is 1.17 bits per heavy atom. The smallest absolute Gasteiger partial charge is 0.237 e. The van der Waals surface area contributed by atoms with Gasteiger partial charge in [-0.3, -0.25) is 14.8 Å². The van der Waals surface area contributed by atoms with Gasteiger partial charge in [0.25, 0.3) is 0 Å². The summed E-state index contributed by atoms with van der Waals surface area (Å²) in [7, 11) is 0. The maximum Gasteiger partial charge on any atom is 0.237 e. The van der Waals surface area contributed by atoms with Crippen LogP contribution in [0.15, 0.2) is 18.2 Å². The number of nitrogens with one attached hydrogen (secondary N) is 2. The molecule has 0 atom stereocenters. The van der Waals surface area contributed by atoms with Gasteiger partial charge in [-0.05, 0) is 51.0 Å². The second-order valence-electron chi connectivity index (χ2n) is 8.80. The SMILES string of the molecule is Cc1cc(-c2nc3cc4c(cc3[nH]2)C(C)(C)C(=O)N4CCCN2CCOCC2)n[nH]1. The number of aromatic amines is 2. The number of carbonyl (C=O) groups is 1. The van der Waals surface area contributed by atoms with Crippen molar-refractivity contribution in [3.05, 3.63) is 29.5 Å². The van der Waals surface area contributed by atoms with E-state index in [9.17, 15) is 4.79 Å². The lowest BCUT2D eigenvalue weighted by Crippen LogP contribution is -2.40. The fourth-order valence-corrected chi connectivity index (χ4v) is 4.49. The molecule has 1 aromatic carbocycles. The number of rotatable bonds is 5. The van der Waals surface area contributed by atoms with Crippen LogP contribution in [0.25, 0.3) is 22.6 Å². The van der Waals surface area contributed by atoms with Crippen molar-refractivity contribution in [1.29, 1.82) is 0 Å². The van der Waals surface area contributed by atoms with E-state index < -0.39 is 5.41 Å². The van der Waals surface area contributed by atoms with Crippen LogP contribution in [0.3, 0.4) is 0 Å². The number of nitrogens with zero attached hydrogens (tertiary/aromatic N) is 4. The molecule has 2 N–H and O–H groups in total. The van der Waals surface area contributed by atoms with E-state index in [4.69, 9.17) is 9.72 Å². The van der Waals surface area contributed by atoms with Gasteiger partial charge in [0.2, 0.25) is 5.91 Å². The van der Waals surface area contributed by atoms with E-state index in [2.05, 4.69) is 26.1 Å². The summed E-state index contributed by atoms with van der Waals surface area (Å²) in [6.45, 7) is 11.2. The topological polar surface area (TPSA) is 90.1 Å². The van der Waals surface area contributed by atoms with Gasteiger partial charge in [0, 0.05) is 31.9 Å². The molecular weight excluding hydrogens is 380 g/mol. The third kappa shape index (κ3) is 3.20. The molecule has 2 aliphatic heterocycles. The first-order valence-corrected chi connectivity index (χ1v) is 10.6. The van der Waals surface area contributed by atoms with Crippen molar-refractivity contribution >= 4 is 22.6 Å². The molecule has 1 saturated heterocycles. The Hall–Kier alpha value is -2.71. The predicted molar refractivity (Wildman–Crippen MR) is 116 cm³/mol. The van der Waals surface area contributed by atoms with Gasteiger partial charge >= 0.3 is 0 Å². The van der Waals surface area contributed by atoms with E-state index in [0.717, 1.165) is 78.8 Å². The number of anilines is 1. The van der Waals surface area contributed by atoms with E-state index >= 15 is 0 Å². The maximum absolute atomic E-state index is 13.2. The van der Waals surface area contributed by atoms with Crippen molar-refractivity contribution in [2.75, 3.05) is 44.3 Å². The quantitative estimate of drug-likeness (QED) is 0.677. The van der Waals surface area contributed by atoms with Crippen molar-refractivity contribution in [2.24, 2.45) is 0 Å². The van der Waals surface area contributed by atoms with E-state index in [-0.39, 0.29) is 5.91 Å². The third-order valence-electron chi connectivity index (χ3n) is 6.25.